The molecule has 23 heavy (non-hydrogen) atoms. The van der Waals surface area contributed by atoms with Crippen LogP contribution < -0.4 is 0 Å². The molecule has 0 aliphatic rings. The predicted molar refractivity (Wildman–Crippen MR) is 89.8 cm³/mol. The standard InChI is InChI=1S/C16H12Cl2N4O/c17-12-1-2-13(14(18)8-12)16(23)15(22-10-20-9-21-22)7-11-3-5-19-6-4-11/h1-10,16,23H. The maximum absolute atomic E-state index is 10.8. The summed E-state index contributed by atoms with van der Waals surface area (Å²) in [6.07, 6.45) is 7.07. The van der Waals surface area contributed by atoms with Crippen LogP contribution >= 0.6 is 23.2 Å². The third-order valence-corrected chi connectivity index (χ3v) is 3.80. The van der Waals surface area contributed by atoms with Gasteiger partial charge < -0.3 is 5.11 Å². The van der Waals surface area contributed by atoms with E-state index in [4.69, 9.17) is 23.2 Å². The van der Waals surface area contributed by atoms with Crippen LogP contribution in [0.3, 0.4) is 0 Å². The third kappa shape index (κ3) is 3.59. The Morgan fingerprint density at radius 2 is 1.91 bits per heavy atom. The summed E-state index contributed by atoms with van der Waals surface area (Å²) in [5.74, 6) is 0. The lowest BCUT2D eigenvalue weighted by Crippen LogP contribution is -2.09. The number of nitrogens with zero attached hydrogens (tertiary/aromatic N) is 4. The SMILES string of the molecule is OC(C(=Cc1ccncc1)n1cncn1)c1ccc(Cl)cc1Cl. The summed E-state index contributed by atoms with van der Waals surface area (Å²) < 4.78 is 1.50. The van der Waals surface area contributed by atoms with Crippen LogP contribution in [0.5, 0.6) is 0 Å². The fourth-order valence-corrected chi connectivity index (χ4v) is 2.64. The maximum Gasteiger partial charge on any atom is 0.138 e. The summed E-state index contributed by atoms with van der Waals surface area (Å²) >= 11 is 12.1. The Bertz CT molecular complexity index is 819. The van der Waals surface area contributed by atoms with Crippen LogP contribution in [-0.4, -0.2) is 24.9 Å². The molecule has 0 bridgehead atoms. The van der Waals surface area contributed by atoms with Gasteiger partial charge in [-0.05, 0) is 35.9 Å². The Labute approximate surface area is 142 Å². The molecule has 3 aromatic rings. The molecule has 2 aromatic heterocycles. The molecule has 0 radical (unpaired) electrons. The van der Waals surface area contributed by atoms with E-state index in [-0.39, 0.29) is 0 Å². The van der Waals surface area contributed by atoms with Gasteiger partial charge in [0.1, 0.15) is 18.8 Å². The fourth-order valence-electron chi connectivity index (χ4n) is 2.12. The summed E-state index contributed by atoms with van der Waals surface area (Å²) in [6, 6.07) is 8.61. The second-order valence-electron chi connectivity index (χ2n) is 4.76. The van der Waals surface area contributed by atoms with E-state index in [2.05, 4.69) is 15.1 Å². The van der Waals surface area contributed by atoms with Crippen molar-refractivity contribution in [2.45, 2.75) is 6.10 Å². The molecule has 0 aliphatic carbocycles. The lowest BCUT2D eigenvalue weighted by Gasteiger charge is -2.17. The van der Waals surface area contributed by atoms with Crippen molar-refractivity contribution in [3.8, 4) is 0 Å². The van der Waals surface area contributed by atoms with E-state index in [1.54, 1.807) is 36.7 Å². The number of pyridine rings is 1. The van der Waals surface area contributed by atoms with E-state index in [0.717, 1.165) is 5.56 Å². The average molecular weight is 347 g/mol. The molecular formula is C16H12Cl2N4O. The Morgan fingerprint density at radius 3 is 2.57 bits per heavy atom. The van der Waals surface area contributed by atoms with Gasteiger partial charge in [0.2, 0.25) is 0 Å². The zero-order chi connectivity index (χ0) is 16.2. The van der Waals surface area contributed by atoms with Gasteiger partial charge in [-0.2, -0.15) is 5.10 Å². The summed E-state index contributed by atoms with van der Waals surface area (Å²) in [7, 11) is 0. The van der Waals surface area contributed by atoms with Gasteiger partial charge in [-0.3, -0.25) is 4.98 Å². The van der Waals surface area contributed by atoms with Gasteiger partial charge in [0.05, 0.1) is 5.70 Å². The minimum Gasteiger partial charge on any atom is -0.382 e. The smallest absolute Gasteiger partial charge is 0.138 e. The monoisotopic (exact) mass is 346 g/mol. The van der Waals surface area contributed by atoms with Crippen LogP contribution in [0.1, 0.15) is 17.2 Å². The maximum atomic E-state index is 10.8. The highest BCUT2D eigenvalue weighted by molar-refractivity contribution is 6.35. The van der Waals surface area contributed by atoms with Crippen LogP contribution in [0, 0.1) is 0 Å². The molecule has 1 atom stereocenters. The summed E-state index contributed by atoms with van der Waals surface area (Å²) in [6.45, 7) is 0. The molecule has 0 aliphatic heterocycles. The van der Waals surface area contributed by atoms with E-state index in [1.807, 2.05) is 12.1 Å². The first kappa shape index (κ1) is 15.7. The fraction of sp³-hybridized carbons (Fsp3) is 0.0625. The largest absolute Gasteiger partial charge is 0.382 e. The molecule has 0 saturated heterocycles. The molecule has 1 aromatic carbocycles. The molecule has 116 valence electrons. The second kappa shape index (κ2) is 6.91. The van der Waals surface area contributed by atoms with Crippen LogP contribution in [0.4, 0.5) is 0 Å². The molecule has 7 heteroatoms. The highest BCUT2D eigenvalue weighted by atomic mass is 35.5. The summed E-state index contributed by atoms with van der Waals surface area (Å²) in [5.41, 5.74) is 1.92. The molecule has 0 saturated carbocycles. The average Bonchev–Trinajstić information content (AvgIpc) is 3.07. The zero-order valence-corrected chi connectivity index (χ0v) is 13.4. The number of aliphatic hydroxyl groups is 1. The Kier molecular flexibility index (Phi) is 4.71. The molecule has 3 rings (SSSR count). The first-order chi connectivity index (χ1) is 11.1. The van der Waals surface area contributed by atoms with Crippen molar-refractivity contribution in [3.05, 3.63) is 76.6 Å². The van der Waals surface area contributed by atoms with E-state index in [9.17, 15) is 5.11 Å². The number of rotatable bonds is 4. The second-order valence-corrected chi connectivity index (χ2v) is 5.60. The lowest BCUT2D eigenvalue weighted by atomic mass is 10.0. The summed E-state index contributed by atoms with van der Waals surface area (Å²) in [5, 5.41) is 15.8. The third-order valence-electron chi connectivity index (χ3n) is 3.24. The highest BCUT2D eigenvalue weighted by Gasteiger charge is 2.19. The van der Waals surface area contributed by atoms with Crippen molar-refractivity contribution in [2.24, 2.45) is 0 Å². The van der Waals surface area contributed by atoms with E-state index < -0.39 is 6.10 Å². The normalized spacial score (nSPS) is 13.1. The number of aromatic nitrogens is 4. The molecular weight excluding hydrogens is 335 g/mol. The molecule has 0 amide bonds. The van der Waals surface area contributed by atoms with Crippen LogP contribution in [-0.2, 0) is 0 Å². The Balaban J connectivity index is 2.07. The lowest BCUT2D eigenvalue weighted by molar-refractivity contribution is 0.231. The minimum atomic E-state index is -0.991. The van der Waals surface area contributed by atoms with Crippen molar-refractivity contribution in [3.63, 3.8) is 0 Å². The Morgan fingerprint density at radius 1 is 1.13 bits per heavy atom. The molecule has 0 fully saturated rings. The van der Waals surface area contributed by atoms with Crippen molar-refractivity contribution in [1.82, 2.24) is 19.7 Å². The molecule has 2 heterocycles. The summed E-state index contributed by atoms with van der Waals surface area (Å²) in [4.78, 5) is 7.91. The molecule has 1 N–H and O–H groups in total. The van der Waals surface area contributed by atoms with Crippen molar-refractivity contribution in [2.75, 3.05) is 0 Å². The van der Waals surface area contributed by atoms with Crippen LogP contribution in [0.25, 0.3) is 11.8 Å². The highest BCUT2D eigenvalue weighted by Crippen LogP contribution is 2.33. The minimum absolute atomic E-state index is 0.380. The number of aliphatic hydroxyl groups excluding tert-OH is 1. The van der Waals surface area contributed by atoms with Gasteiger partial charge >= 0.3 is 0 Å². The van der Waals surface area contributed by atoms with E-state index in [1.165, 1.54) is 17.3 Å². The topological polar surface area (TPSA) is 63.8 Å². The van der Waals surface area contributed by atoms with Crippen molar-refractivity contribution in [1.29, 1.82) is 0 Å². The van der Waals surface area contributed by atoms with Gasteiger partial charge in [0.15, 0.2) is 0 Å². The van der Waals surface area contributed by atoms with Crippen LogP contribution in [0.15, 0.2) is 55.4 Å². The molecule has 0 spiro atoms. The van der Waals surface area contributed by atoms with Gasteiger partial charge in [-0.15, -0.1) is 0 Å². The van der Waals surface area contributed by atoms with Crippen molar-refractivity contribution >= 4 is 35.0 Å². The quantitative estimate of drug-likeness (QED) is 0.781. The first-order valence-corrected chi connectivity index (χ1v) is 7.50. The van der Waals surface area contributed by atoms with E-state index in [0.29, 0.717) is 21.3 Å². The predicted octanol–water partition coefficient (Wildman–Crippen LogP) is 3.71. The molecule has 5 nitrogen and oxygen atoms in total. The number of hydrogen-bond acceptors (Lipinski definition) is 4. The van der Waals surface area contributed by atoms with Gasteiger partial charge in [-0.1, -0.05) is 29.3 Å². The van der Waals surface area contributed by atoms with Crippen molar-refractivity contribution < 1.29 is 5.11 Å². The molecule has 1 unspecified atom stereocenters. The van der Waals surface area contributed by atoms with Gasteiger partial charge in [0.25, 0.3) is 0 Å². The number of halogens is 2. The zero-order valence-electron chi connectivity index (χ0n) is 11.8. The van der Waals surface area contributed by atoms with Gasteiger partial charge in [0, 0.05) is 28.0 Å². The van der Waals surface area contributed by atoms with Gasteiger partial charge in [-0.25, -0.2) is 9.67 Å². The number of benzene rings is 1. The number of hydrogen-bond donors (Lipinski definition) is 1. The van der Waals surface area contributed by atoms with Crippen LogP contribution in [0.2, 0.25) is 10.0 Å². The van der Waals surface area contributed by atoms with E-state index >= 15 is 0 Å². The first-order valence-electron chi connectivity index (χ1n) is 6.75. The Hall–Kier alpha value is -2.21.